The highest BCUT2D eigenvalue weighted by Gasteiger charge is 2.34. The Hall–Kier alpha value is -2.65. The number of hydrogen-bond donors (Lipinski definition) is 4. The van der Waals surface area contributed by atoms with E-state index in [2.05, 4.69) is 15.5 Å². The third-order valence-electron chi connectivity index (χ3n) is 6.21. The Morgan fingerprint density at radius 1 is 0.906 bits per heavy atom. The van der Waals surface area contributed by atoms with Gasteiger partial charge in [0.2, 0.25) is 5.91 Å². The molecule has 1 saturated heterocycles. The van der Waals surface area contributed by atoms with Crippen LogP contribution >= 0.6 is 0 Å². The van der Waals surface area contributed by atoms with Gasteiger partial charge in [0, 0.05) is 50.9 Å². The molecule has 1 aromatic carbocycles. The van der Waals surface area contributed by atoms with Gasteiger partial charge in [-0.15, -0.1) is 0 Å². The number of carbonyl (C=O) groups is 3. The zero-order valence-corrected chi connectivity index (χ0v) is 18.4. The van der Waals surface area contributed by atoms with Gasteiger partial charge < -0.3 is 30.6 Å². The Balaban J connectivity index is 1.34. The number of benzene rings is 1. The van der Waals surface area contributed by atoms with E-state index >= 15 is 0 Å². The SMILES string of the molecule is O=C(NCCCNC(=O)[C@H](O)[C@@H](O)C(=O)N1CCN(c2ccccc2)CC1)C1CCCC1. The molecule has 3 amide bonds. The zero-order valence-electron chi connectivity index (χ0n) is 18.4. The second kappa shape index (κ2) is 11.8. The molecule has 9 nitrogen and oxygen atoms in total. The molecule has 176 valence electrons. The number of para-hydroxylation sites is 1. The second-order valence-electron chi connectivity index (χ2n) is 8.45. The molecular weight excluding hydrogens is 412 g/mol. The Bertz CT molecular complexity index is 761. The lowest BCUT2D eigenvalue weighted by Crippen LogP contribution is -2.55. The highest BCUT2D eigenvalue weighted by molar-refractivity contribution is 5.90. The van der Waals surface area contributed by atoms with Crippen LogP contribution in [0.1, 0.15) is 32.1 Å². The molecule has 0 bridgehead atoms. The molecule has 9 heteroatoms. The normalized spacial score (nSPS) is 18.8. The maximum atomic E-state index is 12.5. The summed E-state index contributed by atoms with van der Waals surface area (Å²) in [6.07, 6.45) is 0.917. The minimum atomic E-state index is -1.83. The summed E-state index contributed by atoms with van der Waals surface area (Å²) in [7, 11) is 0. The number of rotatable bonds is 9. The van der Waals surface area contributed by atoms with Crippen molar-refractivity contribution in [3.05, 3.63) is 30.3 Å². The fourth-order valence-corrected chi connectivity index (χ4v) is 4.24. The van der Waals surface area contributed by atoms with E-state index in [4.69, 9.17) is 0 Å². The van der Waals surface area contributed by atoms with Gasteiger partial charge in [-0.3, -0.25) is 14.4 Å². The van der Waals surface area contributed by atoms with Gasteiger partial charge in [0.1, 0.15) is 0 Å². The van der Waals surface area contributed by atoms with Gasteiger partial charge in [0.25, 0.3) is 11.8 Å². The van der Waals surface area contributed by atoms with E-state index in [0.717, 1.165) is 31.4 Å². The van der Waals surface area contributed by atoms with E-state index in [-0.39, 0.29) is 18.4 Å². The van der Waals surface area contributed by atoms with Crippen LogP contribution in [0.4, 0.5) is 5.69 Å². The Kier molecular flexibility index (Phi) is 8.87. The first kappa shape index (κ1) is 24.0. The van der Waals surface area contributed by atoms with Gasteiger partial charge in [0.05, 0.1) is 0 Å². The molecule has 0 radical (unpaired) electrons. The maximum absolute atomic E-state index is 12.5. The molecule has 0 aromatic heterocycles. The molecule has 1 aliphatic heterocycles. The summed E-state index contributed by atoms with van der Waals surface area (Å²) in [6, 6.07) is 9.85. The number of nitrogens with zero attached hydrogens (tertiary/aromatic N) is 2. The van der Waals surface area contributed by atoms with E-state index in [9.17, 15) is 24.6 Å². The van der Waals surface area contributed by atoms with Crippen molar-refractivity contribution in [3.63, 3.8) is 0 Å². The van der Waals surface area contributed by atoms with Gasteiger partial charge in [0.15, 0.2) is 12.2 Å². The molecule has 1 saturated carbocycles. The predicted molar refractivity (Wildman–Crippen MR) is 120 cm³/mol. The first-order chi connectivity index (χ1) is 15.5. The third kappa shape index (κ3) is 6.43. The fourth-order valence-electron chi connectivity index (χ4n) is 4.24. The fraction of sp³-hybridized carbons (Fsp3) is 0.609. The number of aliphatic hydroxyl groups is 2. The molecule has 2 fully saturated rings. The standard InChI is InChI=1S/C23H34N4O5/c28-19(22(31)25-12-6-11-24-21(30)17-7-4-5-8-17)20(29)23(32)27-15-13-26(14-16-27)18-9-2-1-3-10-18/h1-3,9-10,17,19-20,28-29H,4-8,11-16H2,(H,24,30)(H,25,31)/t19-,20-/m1/s1. The van der Waals surface area contributed by atoms with Crippen molar-refractivity contribution < 1.29 is 24.6 Å². The second-order valence-corrected chi connectivity index (χ2v) is 8.45. The number of aliphatic hydroxyl groups excluding tert-OH is 2. The monoisotopic (exact) mass is 446 g/mol. The molecule has 2 aliphatic rings. The van der Waals surface area contributed by atoms with Crippen molar-refractivity contribution in [1.82, 2.24) is 15.5 Å². The predicted octanol–water partition coefficient (Wildman–Crippen LogP) is -0.130. The van der Waals surface area contributed by atoms with Crippen LogP contribution in [-0.4, -0.2) is 84.3 Å². The summed E-state index contributed by atoms with van der Waals surface area (Å²) in [6.45, 7) is 2.69. The van der Waals surface area contributed by atoms with Crippen LogP contribution < -0.4 is 15.5 Å². The van der Waals surface area contributed by atoms with Crippen molar-refractivity contribution in [2.75, 3.05) is 44.2 Å². The quantitative estimate of drug-likeness (QED) is 0.392. The lowest BCUT2D eigenvalue weighted by molar-refractivity contribution is -0.153. The molecule has 2 atom stereocenters. The largest absolute Gasteiger partial charge is 0.380 e. The van der Waals surface area contributed by atoms with Crippen molar-refractivity contribution in [2.45, 2.75) is 44.3 Å². The highest BCUT2D eigenvalue weighted by atomic mass is 16.3. The first-order valence-electron chi connectivity index (χ1n) is 11.5. The van der Waals surface area contributed by atoms with Crippen LogP contribution in [-0.2, 0) is 14.4 Å². The van der Waals surface area contributed by atoms with Crippen molar-refractivity contribution in [3.8, 4) is 0 Å². The number of hydrogen-bond acceptors (Lipinski definition) is 6. The summed E-state index contributed by atoms with van der Waals surface area (Å²) < 4.78 is 0. The first-order valence-corrected chi connectivity index (χ1v) is 11.5. The van der Waals surface area contributed by atoms with E-state index in [1.165, 1.54) is 4.90 Å². The van der Waals surface area contributed by atoms with Gasteiger partial charge >= 0.3 is 0 Å². The lowest BCUT2D eigenvalue weighted by Gasteiger charge is -2.37. The molecule has 1 aliphatic carbocycles. The van der Waals surface area contributed by atoms with Crippen LogP contribution in [0.15, 0.2) is 30.3 Å². The molecule has 1 heterocycles. The summed E-state index contributed by atoms with van der Waals surface area (Å²) >= 11 is 0. The average Bonchev–Trinajstić information content (AvgIpc) is 3.38. The van der Waals surface area contributed by atoms with Gasteiger partial charge in [-0.1, -0.05) is 31.0 Å². The van der Waals surface area contributed by atoms with E-state index < -0.39 is 24.0 Å². The minimum absolute atomic E-state index is 0.0576. The smallest absolute Gasteiger partial charge is 0.254 e. The number of carbonyl (C=O) groups excluding carboxylic acids is 3. The van der Waals surface area contributed by atoms with E-state index in [0.29, 0.717) is 39.1 Å². The van der Waals surface area contributed by atoms with Gasteiger partial charge in [-0.25, -0.2) is 0 Å². The van der Waals surface area contributed by atoms with E-state index in [1.807, 2.05) is 30.3 Å². The third-order valence-corrected chi connectivity index (χ3v) is 6.21. The summed E-state index contributed by atoms with van der Waals surface area (Å²) in [5, 5.41) is 25.7. The van der Waals surface area contributed by atoms with Crippen molar-refractivity contribution in [2.24, 2.45) is 5.92 Å². The molecular formula is C23H34N4O5. The minimum Gasteiger partial charge on any atom is -0.380 e. The van der Waals surface area contributed by atoms with Crippen LogP contribution in [0.5, 0.6) is 0 Å². The summed E-state index contributed by atoms with van der Waals surface area (Å²) in [5.74, 6) is -1.29. The van der Waals surface area contributed by atoms with Crippen molar-refractivity contribution >= 4 is 23.4 Å². The molecule has 4 N–H and O–H groups in total. The summed E-state index contributed by atoms with van der Waals surface area (Å²) in [5.41, 5.74) is 1.07. The van der Waals surface area contributed by atoms with Crippen molar-refractivity contribution in [1.29, 1.82) is 0 Å². The zero-order chi connectivity index (χ0) is 22.9. The van der Waals surface area contributed by atoms with Crippen LogP contribution in [0.25, 0.3) is 0 Å². The van der Waals surface area contributed by atoms with Gasteiger partial charge in [-0.05, 0) is 31.4 Å². The highest BCUT2D eigenvalue weighted by Crippen LogP contribution is 2.24. The molecule has 1 aromatic rings. The topological polar surface area (TPSA) is 122 Å². The molecule has 3 rings (SSSR count). The Morgan fingerprint density at radius 3 is 2.19 bits per heavy atom. The van der Waals surface area contributed by atoms with Crippen LogP contribution in [0, 0.1) is 5.92 Å². The Morgan fingerprint density at radius 2 is 1.53 bits per heavy atom. The molecule has 32 heavy (non-hydrogen) atoms. The van der Waals surface area contributed by atoms with Crippen LogP contribution in [0.2, 0.25) is 0 Å². The van der Waals surface area contributed by atoms with E-state index in [1.54, 1.807) is 0 Å². The number of piperazine rings is 1. The Labute approximate surface area is 188 Å². The average molecular weight is 447 g/mol. The number of amides is 3. The lowest BCUT2D eigenvalue weighted by atomic mass is 10.1. The molecule has 0 unspecified atom stereocenters. The van der Waals surface area contributed by atoms with Crippen LogP contribution in [0.3, 0.4) is 0 Å². The number of anilines is 1. The van der Waals surface area contributed by atoms with Gasteiger partial charge in [-0.2, -0.15) is 0 Å². The summed E-state index contributed by atoms with van der Waals surface area (Å²) in [4.78, 5) is 40.2. The number of nitrogens with one attached hydrogen (secondary N) is 2. The maximum Gasteiger partial charge on any atom is 0.254 e. The molecule has 0 spiro atoms.